The van der Waals surface area contributed by atoms with Crippen molar-refractivity contribution in [2.24, 2.45) is 28.6 Å². The molecule has 12 nitrogen and oxygen atoms in total. The third kappa shape index (κ3) is 5.29. The molecule has 1 N–H and O–H groups in total. The third-order valence-corrected chi connectivity index (χ3v) is 10.4. The van der Waals surface area contributed by atoms with E-state index in [2.05, 4.69) is 4.84 Å². The molecule has 0 radical (unpaired) electrons. The zero-order valence-corrected chi connectivity index (χ0v) is 25.0. The van der Waals surface area contributed by atoms with E-state index in [-0.39, 0.29) is 55.2 Å². The second kappa shape index (κ2) is 11.8. The molecular formula is C32H37NO11. The molecule has 0 saturated heterocycles. The monoisotopic (exact) mass is 611 g/mol. The van der Waals surface area contributed by atoms with Gasteiger partial charge in [0.25, 0.3) is 5.09 Å². The standard InChI is InChI=1S/C32H37NO11/c1-4-41-29(38)44-32(26(36)18-42-28(37)20-7-5-19(6-8-20)17-43-33(39)40)14-12-24-23-10-9-21-15-22(34)11-13-30(21,2)27(23)25(35)16-31(24,32)3/h5-8,11,13,15,23-25,27,35H,4,9-10,12,14,16-18H2,1-3H3/t23-,24-,25-,27+,30-,31-,32-/m0/s1. The molecular weight excluding hydrogens is 574 g/mol. The van der Waals surface area contributed by atoms with Gasteiger partial charge in [0.2, 0.25) is 5.78 Å². The van der Waals surface area contributed by atoms with Crippen LogP contribution in [0.4, 0.5) is 4.79 Å². The number of allylic oxidation sites excluding steroid dienone is 4. The van der Waals surface area contributed by atoms with Crippen LogP contribution < -0.4 is 0 Å². The lowest BCUT2D eigenvalue weighted by atomic mass is 9.46. The van der Waals surface area contributed by atoms with Crippen molar-refractivity contribution in [1.29, 1.82) is 0 Å². The van der Waals surface area contributed by atoms with Crippen LogP contribution >= 0.6 is 0 Å². The van der Waals surface area contributed by atoms with E-state index in [0.29, 0.717) is 24.8 Å². The number of carbonyl (C=O) groups excluding carboxylic acids is 4. The van der Waals surface area contributed by atoms with E-state index in [1.165, 1.54) is 24.3 Å². The maximum atomic E-state index is 14.1. The Bertz CT molecular complexity index is 1420. The van der Waals surface area contributed by atoms with Crippen molar-refractivity contribution in [3.63, 3.8) is 0 Å². The number of aliphatic hydroxyl groups excluding tert-OH is 1. The Kier molecular flexibility index (Phi) is 8.41. The lowest BCUT2D eigenvalue weighted by molar-refractivity contribution is -0.763. The first-order chi connectivity index (χ1) is 20.8. The predicted molar refractivity (Wildman–Crippen MR) is 152 cm³/mol. The van der Waals surface area contributed by atoms with Crippen LogP contribution in [0.5, 0.6) is 0 Å². The highest BCUT2D eigenvalue weighted by atomic mass is 16.9. The normalized spacial score (nSPS) is 33.6. The van der Waals surface area contributed by atoms with Gasteiger partial charge >= 0.3 is 12.1 Å². The number of esters is 1. The molecule has 5 rings (SSSR count). The third-order valence-electron chi connectivity index (χ3n) is 10.4. The Morgan fingerprint density at radius 2 is 1.84 bits per heavy atom. The molecule has 44 heavy (non-hydrogen) atoms. The zero-order chi connectivity index (χ0) is 31.9. The zero-order valence-electron chi connectivity index (χ0n) is 25.0. The SMILES string of the molecule is CCOC(=O)O[C@]1(C(=O)COC(=O)c2ccc(CO[N+](=O)[O-])cc2)CC[C@H]2[C@@H]3CCC4=CC(=O)C=C[C@]4(C)[C@H]3[C@@H](O)C[C@@]21C. The number of aliphatic hydroxyl groups is 1. The molecule has 236 valence electrons. The summed E-state index contributed by atoms with van der Waals surface area (Å²) in [4.78, 5) is 66.6. The van der Waals surface area contributed by atoms with Gasteiger partial charge in [0.1, 0.15) is 6.61 Å². The summed E-state index contributed by atoms with van der Waals surface area (Å²) in [5, 5.41) is 21.2. The Balaban J connectivity index is 1.38. The van der Waals surface area contributed by atoms with Crippen LogP contribution in [0.3, 0.4) is 0 Å². The number of hydrogen-bond acceptors (Lipinski definition) is 11. The summed E-state index contributed by atoms with van der Waals surface area (Å²) in [7, 11) is 0. The molecule has 4 aliphatic rings. The minimum absolute atomic E-state index is 0.00965. The average molecular weight is 612 g/mol. The summed E-state index contributed by atoms with van der Waals surface area (Å²) in [5.41, 5.74) is -1.60. The maximum Gasteiger partial charge on any atom is 0.509 e. The summed E-state index contributed by atoms with van der Waals surface area (Å²) >= 11 is 0. The summed E-state index contributed by atoms with van der Waals surface area (Å²) in [6.45, 7) is 4.61. The van der Waals surface area contributed by atoms with Gasteiger partial charge in [-0.2, -0.15) is 0 Å². The van der Waals surface area contributed by atoms with Crippen LogP contribution in [0.1, 0.15) is 68.8 Å². The van der Waals surface area contributed by atoms with Crippen molar-refractivity contribution in [1.82, 2.24) is 0 Å². The van der Waals surface area contributed by atoms with Crippen LogP contribution in [0, 0.1) is 38.7 Å². The predicted octanol–water partition coefficient (Wildman–Crippen LogP) is 4.31. The second-order valence-electron chi connectivity index (χ2n) is 12.6. The topological polar surface area (TPSA) is 169 Å². The van der Waals surface area contributed by atoms with E-state index < -0.39 is 52.1 Å². The van der Waals surface area contributed by atoms with Crippen molar-refractivity contribution in [2.45, 2.75) is 71.2 Å². The molecule has 0 aliphatic heterocycles. The van der Waals surface area contributed by atoms with Crippen molar-refractivity contribution < 1.29 is 48.4 Å². The highest BCUT2D eigenvalue weighted by Gasteiger charge is 2.70. The number of hydrogen-bond donors (Lipinski definition) is 1. The van der Waals surface area contributed by atoms with E-state index in [1.54, 1.807) is 19.1 Å². The van der Waals surface area contributed by atoms with Crippen LogP contribution in [-0.2, 0) is 35.2 Å². The highest BCUT2D eigenvalue weighted by Crippen LogP contribution is 2.68. The van der Waals surface area contributed by atoms with Crippen molar-refractivity contribution in [3.8, 4) is 0 Å². The van der Waals surface area contributed by atoms with Gasteiger partial charge < -0.3 is 24.2 Å². The summed E-state index contributed by atoms with van der Waals surface area (Å²) in [5.74, 6) is -1.75. The molecule has 12 heteroatoms. The van der Waals surface area contributed by atoms with Crippen molar-refractivity contribution in [2.75, 3.05) is 13.2 Å². The van der Waals surface area contributed by atoms with E-state index >= 15 is 0 Å². The van der Waals surface area contributed by atoms with Crippen molar-refractivity contribution in [3.05, 3.63) is 69.3 Å². The largest absolute Gasteiger partial charge is 0.509 e. The Labute approximate surface area is 254 Å². The molecule has 0 amide bonds. The Morgan fingerprint density at radius 1 is 1.11 bits per heavy atom. The number of fused-ring (bicyclic) bond motifs is 5. The molecule has 0 bridgehead atoms. The lowest BCUT2D eigenvalue weighted by Crippen LogP contribution is -2.63. The molecule has 7 atom stereocenters. The summed E-state index contributed by atoms with van der Waals surface area (Å²) < 4.78 is 16.4. The quantitative estimate of drug-likeness (QED) is 0.240. The number of ketones is 2. The number of carbonyl (C=O) groups is 4. The van der Waals surface area contributed by atoms with Crippen LogP contribution in [-0.4, -0.2) is 58.8 Å². The molecule has 3 fully saturated rings. The highest BCUT2D eigenvalue weighted by molar-refractivity contribution is 6.01. The Hall–Kier alpha value is -4.06. The van der Waals surface area contributed by atoms with Gasteiger partial charge in [-0.1, -0.05) is 37.6 Å². The second-order valence-corrected chi connectivity index (χ2v) is 12.6. The van der Waals surface area contributed by atoms with Gasteiger partial charge in [0, 0.05) is 16.7 Å². The molecule has 1 aromatic rings. The Morgan fingerprint density at radius 3 is 2.52 bits per heavy atom. The van der Waals surface area contributed by atoms with Gasteiger partial charge in [-0.05, 0) is 80.7 Å². The number of ether oxygens (including phenoxy) is 3. The van der Waals surface area contributed by atoms with E-state index in [0.717, 1.165) is 5.57 Å². The number of rotatable bonds is 9. The fourth-order valence-electron chi connectivity index (χ4n) is 8.48. The average Bonchev–Trinajstić information content (AvgIpc) is 3.27. The molecule has 0 aromatic heterocycles. The van der Waals surface area contributed by atoms with Crippen molar-refractivity contribution >= 4 is 23.7 Å². The summed E-state index contributed by atoms with van der Waals surface area (Å²) in [6.07, 6.45) is 5.55. The van der Waals surface area contributed by atoms with Crippen LogP contribution in [0.2, 0.25) is 0 Å². The minimum Gasteiger partial charge on any atom is -0.454 e. The van der Waals surface area contributed by atoms with E-state index in [9.17, 15) is 34.4 Å². The van der Waals surface area contributed by atoms with Gasteiger partial charge in [0.15, 0.2) is 18.0 Å². The first-order valence-corrected chi connectivity index (χ1v) is 14.9. The first-order valence-electron chi connectivity index (χ1n) is 14.9. The minimum atomic E-state index is -1.70. The van der Waals surface area contributed by atoms with Gasteiger partial charge in [-0.15, -0.1) is 10.1 Å². The fraction of sp³-hybridized carbons (Fsp3) is 0.562. The van der Waals surface area contributed by atoms with E-state index in [1.807, 2.05) is 19.9 Å². The van der Waals surface area contributed by atoms with Crippen LogP contribution in [0.15, 0.2) is 48.1 Å². The molecule has 0 unspecified atom stereocenters. The van der Waals surface area contributed by atoms with Gasteiger partial charge in [-0.25, -0.2) is 9.59 Å². The van der Waals surface area contributed by atoms with Crippen LogP contribution in [0.25, 0.3) is 0 Å². The number of Topliss-reactive ketones (excluding diaryl/α,β-unsaturated/α-hetero) is 1. The number of benzene rings is 1. The van der Waals surface area contributed by atoms with Gasteiger partial charge in [0.05, 0.1) is 18.3 Å². The molecule has 3 saturated carbocycles. The molecule has 4 aliphatic carbocycles. The fourth-order valence-corrected chi connectivity index (χ4v) is 8.48. The van der Waals surface area contributed by atoms with E-state index in [4.69, 9.17) is 14.2 Å². The smallest absolute Gasteiger partial charge is 0.454 e. The lowest BCUT2D eigenvalue weighted by Gasteiger charge is -2.59. The van der Waals surface area contributed by atoms with Gasteiger partial charge in [-0.3, -0.25) is 9.59 Å². The molecule has 0 spiro atoms. The maximum absolute atomic E-state index is 14.1. The number of nitrogens with zero attached hydrogens (tertiary/aromatic N) is 1. The first kappa shape index (κ1) is 31.4. The molecule has 0 heterocycles. The molecule has 1 aromatic carbocycles. The summed E-state index contributed by atoms with van der Waals surface area (Å²) in [6, 6.07) is 5.75.